The third kappa shape index (κ3) is 8.52. The third-order valence-corrected chi connectivity index (χ3v) is 7.25. The molecular formula is C31H39ClN6O2. The Kier molecular flexibility index (Phi) is 10.5. The number of rotatable bonds is 11. The number of halogens is 1. The number of piperazine rings is 1. The van der Waals surface area contributed by atoms with Gasteiger partial charge in [0.1, 0.15) is 11.6 Å². The lowest BCUT2D eigenvalue weighted by Gasteiger charge is -2.34. The summed E-state index contributed by atoms with van der Waals surface area (Å²) in [5, 5.41) is 3.48. The molecule has 0 radical (unpaired) electrons. The van der Waals surface area contributed by atoms with Crippen molar-refractivity contribution >= 4 is 28.9 Å². The number of amides is 1. The zero-order chi connectivity index (χ0) is 28.5. The molecule has 1 aliphatic heterocycles. The number of benzene rings is 2. The SMILES string of the molecule is COc1cc(N2CCN(C)CC2)ccc1Cc1ncc(Cl)c(CCc2cccc(NC(=O)/C=C/CN(C)C)c2)n1. The highest BCUT2D eigenvalue weighted by Gasteiger charge is 2.17. The molecule has 0 unspecified atom stereocenters. The highest BCUT2D eigenvalue weighted by atomic mass is 35.5. The van der Waals surface area contributed by atoms with E-state index in [4.69, 9.17) is 21.3 Å². The summed E-state index contributed by atoms with van der Waals surface area (Å²) in [6.07, 6.45) is 7.03. The normalized spacial score (nSPS) is 14.2. The van der Waals surface area contributed by atoms with Crippen LogP contribution in [0.15, 0.2) is 60.8 Å². The van der Waals surface area contributed by atoms with Crippen molar-refractivity contribution in [2.45, 2.75) is 19.3 Å². The van der Waals surface area contributed by atoms with Gasteiger partial charge in [-0.25, -0.2) is 9.97 Å². The van der Waals surface area contributed by atoms with Crippen molar-refractivity contribution in [3.8, 4) is 5.75 Å². The van der Waals surface area contributed by atoms with Crippen LogP contribution in [0.25, 0.3) is 0 Å². The number of anilines is 2. The Balaban J connectivity index is 1.39. The minimum absolute atomic E-state index is 0.144. The summed E-state index contributed by atoms with van der Waals surface area (Å²) in [6, 6.07) is 14.2. The van der Waals surface area contributed by atoms with Gasteiger partial charge in [0, 0.05) is 74.4 Å². The molecule has 9 heteroatoms. The topological polar surface area (TPSA) is 73.8 Å². The molecule has 1 fully saturated rings. The van der Waals surface area contributed by atoms with E-state index in [0.717, 1.165) is 60.9 Å². The van der Waals surface area contributed by atoms with Gasteiger partial charge in [-0.05, 0) is 57.7 Å². The van der Waals surface area contributed by atoms with E-state index < -0.39 is 0 Å². The summed E-state index contributed by atoms with van der Waals surface area (Å²) >= 11 is 6.49. The first-order chi connectivity index (χ1) is 19.3. The van der Waals surface area contributed by atoms with Crippen LogP contribution in [0.2, 0.25) is 5.02 Å². The lowest BCUT2D eigenvalue weighted by atomic mass is 10.1. The first-order valence-electron chi connectivity index (χ1n) is 13.6. The molecular weight excluding hydrogens is 524 g/mol. The fraction of sp³-hybridized carbons (Fsp3) is 0.387. The number of carbonyl (C=O) groups excluding carboxylic acids is 1. The van der Waals surface area contributed by atoms with E-state index in [1.54, 1.807) is 19.4 Å². The van der Waals surface area contributed by atoms with Crippen molar-refractivity contribution in [1.29, 1.82) is 0 Å². The largest absolute Gasteiger partial charge is 0.496 e. The second kappa shape index (κ2) is 14.3. The molecule has 3 aromatic rings. The molecule has 8 nitrogen and oxygen atoms in total. The number of hydrogen-bond acceptors (Lipinski definition) is 7. The number of nitrogens with one attached hydrogen (secondary N) is 1. The van der Waals surface area contributed by atoms with Gasteiger partial charge in [-0.2, -0.15) is 0 Å². The Morgan fingerprint density at radius 2 is 1.93 bits per heavy atom. The average Bonchev–Trinajstić information content (AvgIpc) is 2.94. The molecule has 2 heterocycles. The fourth-order valence-corrected chi connectivity index (χ4v) is 4.82. The van der Waals surface area contributed by atoms with Gasteiger partial charge in [-0.15, -0.1) is 0 Å². The maximum Gasteiger partial charge on any atom is 0.248 e. The predicted octanol–water partition coefficient (Wildman–Crippen LogP) is 4.32. The van der Waals surface area contributed by atoms with Crippen LogP contribution in [-0.4, -0.2) is 86.7 Å². The molecule has 0 bridgehead atoms. The minimum atomic E-state index is -0.144. The Bertz CT molecular complexity index is 1320. The second-order valence-corrected chi connectivity index (χ2v) is 10.8. The van der Waals surface area contributed by atoms with Gasteiger partial charge in [0.25, 0.3) is 0 Å². The maximum atomic E-state index is 12.2. The summed E-state index contributed by atoms with van der Waals surface area (Å²) in [5.74, 6) is 1.40. The standard InChI is InChI=1S/C31H39ClN6O2/c1-36(2)14-6-9-31(39)34-25-8-5-7-23(19-25)10-13-28-27(32)22-33-30(35-28)20-24-11-12-26(21-29(24)40-4)38-17-15-37(3)16-18-38/h5-9,11-12,19,21-22H,10,13-18,20H2,1-4H3,(H,34,39)/b9-6+. The summed E-state index contributed by atoms with van der Waals surface area (Å²) in [4.78, 5) is 28.2. The van der Waals surface area contributed by atoms with Crippen LogP contribution in [0.1, 0.15) is 22.6 Å². The zero-order valence-electron chi connectivity index (χ0n) is 23.9. The first kappa shape index (κ1) is 29.5. The Labute approximate surface area is 242 Å². The van der Waals surface area contributed by atoms with E-state index in [9.17, 15) is 4.79 Å². The van der Waals surface area contributed by atoms with Crippen LogP contribution in [0.5, 0.6) is 5.75 Å². The van der Waals surface area contributed by atoms with Crippen LogP contribution in [0, 0.1) is 0 Å². The monoisotopic (exact) mass is 562 g/mol. The van der Waals surface area contributed by atoms with Crippen molar-refractivity contribution in [2.24, 2.45) is 0 Å². The van der Waals surface area contributed by atoms with E-state index in [2.05, 4.69) is 45.3 Å². The van der Waals surface area contributed by atoms with E-state index in [1.165, 1.54) is 5.69 Å². The molecule has 40 heavy (non-hydrogen) atoms. The quantitative estimate of drug-likeness (QED) is 0.349. The number of likely N-dealkylation sites (N-methyl/N-ethyl adjacent to an activating group) is 2. The molecule has 1 aliphatic rings. The van der Waals surface area contributed by atoms with Crippen molar-refractivity contribution in [3.63, 3.8) is 0 Å². The lowest BCUT2D eigenvalue weighted by Crippen LogP contribution is -2.44. The molecule has 0 saturated carbocycles. The van der Waals surface area contributed by atoms with Crippen molar-refractivity contribution in [3.05, 3.63) is 88.5 Å². The van der Waals surface area contributed by atoms with Gasteiger partial charge in [0.2, 0.25) is 5.91 Å². The zero-order valence-corrected chi connectivity index (χ0v) is 24.6. The van der Waals surface area contributed by atoms with Crippen LogP contribution in [0.3, 0.4) is 0 Å². The molecule has 0 atom stereocenters. The number of ether oxygens (including phenoxy) is 1. The Morgan fingerprint density at radius 1 is 1.12 bits per heavy atom. The number of carbonyl (C=O) groups is 1. The highest BCUT2D eigenvalue weighted by molar-refractivity contribution is 6.31. The third-order valence-electron chi connectivity index (χ3n) is 6.94. The van der Waals surface area contributed by atoms with Crippen LogP contribution in [-0.2, 0) is 24.1 Å². The van der Waals surface area contributed by atoms with Crippen LogP contribution in [0.4, 0.5) is 11.4 Å². The highest BCUT2D eigenvalue weighted by Crippen LogP contribution is 2.28. The van der Waals surface area contributed by atoms with Crippen molar-refractivity contribution in [1.82, 2.24) is 19.8 Å². The average molecular weight is 563 g/mol. The molecule has 212 valence electrons. The summed E-state index contributed by atoms with van der Waals surface area (Å²) in [7, 11) is 7.78. The molecule has 1 amide bonds. The van der Waals surface area contributed by atoms with Gasteiger partial charge in [0.15, 0.2) is 0 Å². The molecule has 1 N–H and O–H groups in total. The second-order valence-electron chi connectivity index (χ2n) is 10.4. The number of aromatic nitrogens is 2. The summed E-state index contributed by atoms with van der Waals surface area (Å²) in [6.45, 7) is 4.83. The molecule has 0 aliphatic carbocycles. The van der Waals surface area contributed by atoms with Crippen molar-refractivity contribution in [2.75, 3.05) is 71.2 Å². The summed E-state index contributed by atoms with van der Waals surface area (Å²) in [5.41, 5.74) is 4.87. The fourth-order valence-electron chi connectivity index (χ4n) is 4.64. The van der Waals surface area contributed by atoms with Gasteiger partial charge >= 0.3 is 0 Å². The molecule has 2 aromatic carbocycles. The number of methoxy groups -OCH3 is 1. The lowest BCUT2D eigenvalue weighted by molar-refractivity contribution is -0.111. The molecule has 1 saturated heterocycles. The molecule has 4 rings (SSSR count). The molecule has 1 aromatic heterocycles. The number of hydrogen-bond donors (Lipinski definition) is 1. The van der Waals surface area contributed by atoms with E-state index >= 15 is 0 Å². The smallest absolute Gasteiger partial charge is 0.248 e. The van der Waals surface area contributed by atoms with Gasteiger partial charge < -0.3 is 24.8 Å². The van der Waals surface area contributed by atoms with Gasteiger partial charge in [-0.1, -0.05) is 35.9 Å². The van der Waals surface area contributed by atoms with Gasteiger partial charge in [-0.3, -0.25) is 4.79 Å². The summed E-state index contributed by atoms with van der Waals surface area (Å²) < 4.78 is 5.75. The first-order valence-corrected chi connectivity index (χ1v) is 14.0. The number of aryl methyl sites for hydroxylation is 2. The van der Waals surface area contributed by atoms with Gasteiger partial charge in [0.05, 0.1) is 17.8 Å². The van der Waals surface area contributed by atoms with Crippen LogP contribution >= 0.6 is 11.6 Å². The minimum Gasteiger partial charge on any atom is -0.496 e. The Hall–Kier alpha value is -3.46. The van der Waals surface area contributed by atoms with Crippen LogP contribution < -0.4 is 15.0 Å². The predicted molar refractivity (Wildman–Crippen MR) is 163 cm³/mol. The van der Waals surface area contributed by atoms with Crippen molar-refractivity contribution < 1.29 is 9.53 Å². The molecule has 0 spiro atoms. The Morgan fingerprint density at radius 3 is 2.67 bits per heavy atom. The maximum absolute atomic E-state index is 12.2. The van der Waals surface area contributed by atoms with E-state index in [0.29, 0.717) is 30.2 Å². The number of nitrogens with zero attached hydrogens (tertiary/aromatic N) is 5. The van der Waals surface area contributed by atoms with E-state index in [1.807, 2.05) is 49.3 Å². The van der Waals surface area contributed by atoms with E-state index in [-0.39, 0.29) is 5.91 Å².